The molecule has 0 radical (unpaired) electrons. The summed E-state index contributed by atoms with van der Waals surface area (Å²) in [7, 11) is 5.19. The maximum Gasteiger partial charge on any atom is 0.311 e. The van der Waals surface area contributed by atoms with Crippen LogP contribution in [0.3, 0.4) is 0 Å². The first-order valence-electron chi connectivity index (χ1n) is 18.7. The summed E-state index contributed by atoms with van der Waals surface area (Å²) in [5.74, 6) is -4.24. The first kappa shape index (κ1) is 44.9. The number of likely N-dealkylation sites (N-methyl/N-ethyl adjacent to an activating group) is 1. The third-order valence-corrected chi connectivity index (χ3v) is 12.0. The van der Waals surface area contributed by atoms with Gasteiger partial charge in [0.05, 0.1) is 53.4 Å². The molecule has 0 aromatic rings. The molecule has 3 fully saturated rings. The molecule has 0 amide bonds. The first-order chi connectivity index (χ1) is 24.0. The molecule has 0 saturated carbocycles. The van der Waals surface area contributed by atoms with E-state index in [9.17, 15) is 35.5 Å². The molecule has 1 unspecified atom stereocenters. The molecule has 304 valence electrons. The van der Waals surface area contributed by atoms with Gasteiger partial charge in [-0.05, 0) is 74.9 Å². The van der Waals surface area contributed by atoms with Gasteiger partial charge < -0.3 is 64.1 Å². The lowest BCUT2D eigenvalue weighted by atomic mass is 9.73. The van der Waals surface area contributed by atoms with Crippen LogP contribution in [0.4, 0.5) is 0 Å². The summed E-state index contributed by atoms with van der Waals surface area (Å²) in [6, 6.07) is -0.322. The zero-order chi connectivity index (χ0) is 39.7. The van der Waals surface area contributed by atoms with Gasteiger partial charge in [-0.25, -0.2) is 0 Å². The summed E-state index contributed by atoms with van der Waals surface area (Å²) < 4.78 is 37.2. The third-order valence-electron chi connectivity index (χ3n) is 12.0. The Bertz CT molecular complexity index is 1200. The maximum absolute atomic E-state index is 14.1. The summed E-state index contributed by atoms with van der Waals surface area (Å²) in [5.41, 5.74) is -4.68. The number of hydrogen-bond acceptors (Lipinski definition) is 15. The van der Waals surface area contributed by atoms with Crippen LogP contribution in [0.5, 0.6) is 0 Å². The number of hydrogen-bond donors (Lipinski definition) is 6. The van der Waals surface area contributed by atoms with E-state index in [1.165, 1.54) is 14.0 Å². The molecule has 0 spiro atoms. The summed E-state index contributed by atoms with van der Waals surface area (Å²) in [5, 5.41) is 71.8. The van der Waals surface area contributed by atoms with Gasteiger partial charge in [0, 0.05) is 37.3 Å². The van der Waals surface area contributed by atoms with Gasteiger partial charge >= 0.3 is 5.97 Å². The van der Waals surface area contributed by atoms with Gasteiger partial charge in [0.2, 0.25) is 0 Å². The van der Waals surface area contributed by atoms with Gasteiger partial charge in [-0.15, -0.1) is 0 Å². The van der Waals surface area contributed by atoms with Crippen molar-refractivity contribution < 1.29 is 64.0 Å². The predicted molar refractivity (Wildman–Crippen MR) is 190 cm³/mol. The Labute approximate surface area is 309 Å². The standard InChI is InChI=1S/C37H68N2O13/c1-14-25-37(10,45)30(41)20(4)27(38-46)18(2)16-35(8,44)32(52-34-28(40)24(39(11)12)15-19(3)48-34)21(5)29(22(6)33(43)50-25)51-26-17-36(9,47-13)31(42)23(7)49-26/h18-26,28-32,34,40-42,44-46H,14-17H2,1-13H3/b38-27-/t18-,19-,20+,21+,22-,23+,24+,25-,26+,28-,29+,30-,31+,32-,34+,35?,36-,37-/m1/s1. The number of nitrogens with zero attached hydrogens (tertiary/aromatic N) is 2. The zero-order valence-corrected chi connectivity index (χ0v) is 33.4. The highest BCUT2D eigenvalue weighted by molar-refractivity contribution is 5.88. The smallest absolute Gasteiger partial charge is 0.311 e. The van der Waals surface area contributed by atoms with Crippen molar-refractivity contribution in [2.45, 2.75) is 179 Å². The number of carbonyl (C=O) groups is 1. The van der Waals surface area contributed by atoms with Crippen molar-refractivity contribution >= 4 is 11.7 Å². The van der Waals surface area contributed by atoms with E-state index in [0.717, 1.165) is 0 Å². The van der Waals surface area contributed by atoms with E-state index in [-0.39, 0.29) is 37.1 Å². The quantitative estimate of drug-likeness (QED) is 0.125. The monoisotopic (exact) mass is 748 g/mol. The van der Waals surface area contributed by atoms with Crippen LogP contribution >= 0.6 is 0 Å². The second-order valence-corrected chi connectivity index (χ2v) is 16.6. The third kappa shape index (κ3) is 9.47. The highest BCUT2D eigenvalue weighted by Crippen LogP contribution is 2.41. The van der Waals surface area contributed by atoms with Crippen LogP contribution < -0.4 is 0 Å². The molecule has 0 aromatic carbocycles. The highest BCUT2D eigenvalue weighted by atomic mass is 16.7. The fraction of sp³-hybridized carbons (Fsp3) is 0.946. The van der Waals surface area contributed by atoms with Gasteiger partial charge in [0.25, 0.3) is 0 Å². The normalized spacial score (nSPS) is 49.8. The molecule has 52 heavy (non-hydrogen) atoms. The van der Waals surface area contributed by atoms with Crippen LogP contribution in [0, 0.1) is 23.7 Å². The van der Waals surface area contributed by atoms with E-state index in [1.807, 2.05) is 25.9 Å². The zero-order valence-electron chi connectivity index (χ0n) is 33.4. The Morgan fingerprint density at radius 1 is 0.923 bits per heavy atom. The lowest BCUT2D eigenvalue weighted by Gasteiger charge is -2.49. The maximum atomic E-state index is 14.1. The Hall–Kier alpha value is -1.50. The number of carbonyl (C=O) groups excluding carboxylic acids is 1. The fourth-order valence-electron chi connectivity index (χ4n) is 8.61. The van der Waals surface area contributed by atoms with E-state index < -0.39 is 102 Å². The fourth-order valence-corrected chi connectivity index (χ4v) is 8.61. The molecule has 3 aliphatic heterocycles. The van der Waals surface area contributed by atoms with Crippen LogP contribution in [-0.2, 0) is 33.2 Å². The molecule has 15 nitrogen and oxygen atoms in total. The molecule has 3 rings (SSSR count). The molecule has 15 heteroatoms. The number of ether oxygens (including phenoxy) is 6. The number of oxime groups is 1. The van der Waals surface area contributed by atoms with E-state index in [4.69, 9.17) is 28.4 Å². The Kier molecular flexibility index (Phi) is 15.1. The van der Waals surface area contributed by atoms with Gasteiger partial charge in [0.15, 0.2) is 12.6 Å². The highest BCUT2D eigenvalue weighted by Gasteiger charge is 2.53. The van der Waals surface area contributed by atoms with Crippen LogP contribution in [0.1, 0.15) is 94.9 Å². The minimum Gasteiger partial charge on any atom is -0.459 e. The van der Waals surface area contributed by atoms with Crippen molar-refractivity contribution in [2.24, 2.45) is 28.8 Å². The van der Waals surface area contributed by atoms with Gasteiger partial charge in [-0.2, -0.15) is 0 Å². The number of aliphatic hydroxyl groups is 5. The molecular formula is C37H68N2O13. The molecule has 3 saturated heterocycles. The molecule has 0 aliphatic carbocycles. The minimum absolute atomic E-state index is 0.0657. The van der Waals surface area contributed by atoms with Gasteiger partial charge in [-0.3, -0.25) is 4.79 Å². The van der Waals surface area contributed by atoms with Crippen molar-refractivity contribution in [3.63, 3.8) is 0 Å². The van der Waals surface area contributed by atoms with Crippen LogP contribution in [-0.4, -0.2) is 153 Å². The lowest BCUT2D eigenvalue weighted by Crippen LogP contribution is -2.61. The number of esters is 1. The predicted octanol–water partition coefficient (Wildman–Crippen LogP) is 2.05. The summed E-state index contributed by atoms with van der Waals surface area (Å²) in [6.45, 7) is 16.6. The van der Waals surface area contributed by atoms with Gasteiger partial charge in [-0.1, -0.05) is 32.9 Å². The van der Waals surface area contributed by atoms with Crippen LogP contribution in [0.25, 0.3) is 0 Å². The number of methoxy groups -OCH3 is 1. The first-order valence-corrected chi connectivity index (χ1v) is 18.7. The van der Waals surface area contributed by atoms with E-state index >= 15 is 0 Å². The summed E-state index contributed by atoms with van der Waals surface area (Å²) >= 11 is 0. The number of rotatable bonds is 7. The molecule has 3 heterocycles. The van der Waals surface area contributed by atoms with Crippen LogP contribution in [0.15, 0.2) is 5.16 Å². The average Bonchev–Trinajstić information content (AvgIpc) is 3.06. The van der Waals surface area contributed by atoms with E-state index in [1.54, 1.807) is 55.4 Å². The minimum atomic E-state index is -1.97. The molecule has 18 atom stereocenters. The van der Waals surface area contributed by atoms with Crippen molar-refractivity contribution in [1.82, 2.24) is 4.90 Å². The van der Waals surface area contributed by atoms with Crippen molar-refractivity contribution in [3.05, 3.63) is 0 Å². The summed E-state index contributed by atoms with van der Waals surface area (Å²) in [4.78, 5) is 16.0. The van der Waals surface area contributed by atoms with Crippen molar-refractivity contribution in [1.29, 1.82) is 0 Å². The van der Waals surface area contributed by atoms with Crippen molar-refractivity contribution in [2.75, 3.05) is 21.2 Å². The largest absolute Gasteiger partial charge is 0.459 e. The molecular weight excluding hydrogens is 680 g/mol. The van der Waals surface area contributed by atoms with Crippen molar-refractivity contribution in [3.8, 4) is 0 Å². The Morgan fingerprint density at radius 3 is 2.08 bits per heavy atom. The van der Waals surface area contributed by atoms with E-state index in [0.29, 0.717) is 6.42 Å². The average molecular weight is 749 g/mol. The second kappa shape index (κ2) is 17.5. The number of aliphatic hydroxyl groups excluding tert-OH is 3. The lowest BCUT2D eigenvalue weighted by molar-refractivity contribution is -0.317. The Morgan fingerprint density at radius 2 is 1.54 bits per heavy atom. The summed E-state index contributed by atoms with van der Waals surface area (Å²) in [6.07, 6.45) is -9.51. The number of cyclic esters (lactones) is 1. The Balaban J connectivity index is 2.21. The van der Waals surface area contributed by atoms with Gasteiger partial charge in [0.1, 0.15) is 23.9 Å². The molecule has 3 aliphatic rings. The topological polar surface area (TPSA) is 209 Å². The molecule has 6 N–H and O–H groups in total. The molecule has 0 aromatic heterocycles. The molecule has 0 bridgehead atoms. The second-order valence-electron chi connectivity index (χ2n) is 16.6. The van der Waals surface area contributed by atoms with E-state index in [2.05, 4.69) is 5.16 Å². The van der Waals surface area contributed by atoms with Crippen LogP contribution in [0.2, 0.25) is 0 Å². The SMILES string of the molecule is CC[C@H]1OC(=O)[C@H](C)[C@@H](O[C@H]2C[C@@](C)(OC)[C@@H](O)[C@H](C)O2)[C@H](C)[C@@H](O[C@@H]2O[C@H](C)C[C@H](N(C)C)[C@H]2O)C(C)(O)C[C@@H](C)/C(=N/O)[C@H](C)[C@@H](O)[C@]1(C)O.